The van der Waals surface area contributed by atoms with E-state index in [-0.39, 0.29) is 63.0 Å². The molecule has 0 bridgehead atoms. The van der Waals surface area contributed by atoms with Gasteiger partial charge in [0.1, 0.15) is 6.07 Å². The minimum atomic E-state index is -0.745. The Morgan fingerprint density at radius 3 is 2.39 bits per heavy atom. The second kappa shape index (κ2) is 9.46. The van der Waals surface area contributed by atoms with E-state index in [1.165, 1.54) is 0 Å². The minimum Gasteiger partial charge on any atom is -0.481 e. The molecule has 0 aromatic heterocycles. The fourth-order valence-electron chi connectivity index (χ4n) is 9.21. The predicted molar refractivity (Wildman–Crippen MR) is 148 cm³/mol. The van der Waals surface area contributed by atoms with E-state index in [2.05, 4.69) is 33.8 Å². The van der Waals surface area contributed by atoms with Crippen LogP contribution in [0.5, 0.6) is 0 Å². The van der Waals surface area contributed by atoms with Crippen LogP contribution in [0, 0.1) is 56.2 Å². The van der Waals surface area contributed by atoms with E-state index in [9.17, 15) is 24.8 Å². The molecule has 4 rings (SSSR count). The van der Waals surface area contributed by atoms with Crippen molar-refractivity contribution in [2.24, 2.45) is 44.8 Å². The van der Waals surface area contributed by atoms with Crippen molar-refractivity contribution in [3.8, 4) is 6.07 Å². The van der Waals surface area contributed by atoms with Crippen molar-refractivity contribution in [1.29, 1.82) is 5.26 Å². The molecule has 0 saturated heterocycles. The van der Waals surface area contributed by atoms with Crippen LogP contribution < -0.4 is 0 Å². The number of hydrogen-bond donors (Lipinski definition) is 1. The molecule has 6 atom stereocenters. The average molecular weight is 522 g/mol. The number of carboxylic acid groups (broad SMARTS) is 1. The van der Waals surface area contributed by atoms with E-state index in [0.717, 1.165) is 50.5 Å². The quantitative estimate of drug-likeness (QED) is 0.289. The van der Waals surface area contributed by atoms with Crippen molar-refractivity contribution in [2.45, 2.75) is 113 Å². The summed E-state index contributed by atoms with van der Waals surface area (Å²) in [6.07, 6.45) is 11.4. The summed E-state index contributed by atoms with van der Waals surface area (Å²) >= 11 is 0. The third-order valence-electron chi connectivity index (χ3n) is 12.0. The van der Waals surface area contributed by atoms with E-state index in [1.807, 2.05) is 26.8 Å². The van der Waals surface area contributed by atoms with Crippen LogP contribution in [0.1, 0.15) is 113 Å². The van der Waals surface area contributed by atoms with Gasteiger partial charge in [0.05, 0.1) is 12.0 Å². The first-order valence-electron chi connectivity index (χ1n) is 14.7. The lowest BCUT2D eigenvalue weighted by molar-refractivity contribution is -0.174. The summed E-state index contributed by atoms with van der Waals surface area (Å²) in [4.78, 5) is 39.5. The van der Waals surface area contributed by atoms with Crippen LogP contribution in [0.25, 0.3) is 0 Å². The molecular weight excluding hydrogens is 474 g/mol. The van der Waals surface area contributed by atoms with Gasteiger partial charge in [0, 0.05) is 11.3 Å². The van der Waals surface area contributed by atoms with Gasteiger partial charge in [-0.15, -0.1) is 0 Å². The van der Waals surface area contributed by atoms with E-state index in [1.54, 1.807) is 6.08 Å². The topological polar surface area (TPSA) is 95.2 Å². The van der Waals surface area contributed by atoms with Crippen molar-refractivity contribution in [1.82, 2.24) is 0 Å². The van der Waals surface area contributed by atoms with Crippen LogP contribution in [0.15, 0.2) is 23.3 Å². The van der Waals surface area contributed by atoms with Crippen LogP contribution in [-0.2, 0) is 14.4 Å². The summed E-state index contributed by atoms with van der Waals surface area (Å²) in [6.45, 7) is 15.0. The number of nitrogens with zero attached hydrogens (tertiary/aromatic N) is 1. The number of allylic oxidation sites excluding steroid dienone is 4. The first kappa shape index (κ1) is 28.8. The third-order valence-corrected chi connectivity index (χ3v) is 12.0. The Morgan fingerprint density at radius 2 is 1.79 bits per heavy atom. The Hall–Kier alpha value is -2.22. The Labute approximate surface area is 229 Å². The number of fused-ring (bicyclic) bond motifs is 5. The maximum atomic E-state index is 14.1. The average Bonchev–Trinajstić information content (AvgIpc) is 2.82. The monoisotopic (exact) mass is 521 g/mol. The number of hydrogen-bond acceptors (Lipinski definition) is 4. The standard InChI is InChI=1S/C33H47NO4/c1-8-9-21(20-34)28(38)30(4,5)22-10-11-31(6)23(16-22)17-25(35)27-24-18-29(2,3)12-14-33(24,19-26(36)37)15-13-32(27,31)7/h9,17,22,24,27H,8,10-16,18-19H2,1-7H3,(H,36,37)/b21-9-/t22-,24?,27?,31-,32-,33-/m1/s1. The second-order valence-electron chi connectivity index (χ2n) is 14.8. The Morgan fingerprint density at radius 1 is 1.13 bits per heavy atom. The lowest BCUT2D eigenvalue weighted by Gasteiger charge is -2.66. The molecule has 1 N–H and O–H groups in total. The Balaban J connectivity index is 1.71. The fraction of sp³-hybridized carbons (Fsp3) is 0.758. The molecule has 5 nitrogen and oxygen atoms in total. The van der Waals surface area contributed by atoms with Gasteiger partial charge >= 0.3 is 5.97 Å². The molecule has 0 radical (unpaired) electrons. The van der Waals surface area contributed by atoms with Gasteiger partial charge in [0.2, 0.25) is 0 Å². The minimum absolute atomic E-state index is 0.0687. The number of ketones is 2. The maximum Gasteiger partial charge on any atom is 0.303 e. The zero-order valence-electron chi connectivity index (χ0n) is 24.6. The molecule has 208 valence electrons. The summed E-state index contributed by atoms with van der Waals surface area (Å²) in [7, 11) is 0. The van der Waals surface area contributed by atoms with E-state index in [0.29, 0.717) is 12.8 Å². The van der Waals surface area contributed by atoms with Gasteiger partial charge in [-0.05, 0) is 97.4 Å². The number of nitriles is 1. The highest BCUT2D eigenvalue weighted by atomic mass is 16.4. The van der Waals surface area contributed by atoms with Gasteiger partial charge in [-0.3, -0.25) is 14.4 Å². The molecule has 3 saturated carbocycles. The number of Topliss-reactive ketones (excluding diaryl/α,β-unsaturated/α-hetero) is 1. The summed E-state index contributed by atoms with van der Waals surface area (Å²) in [6, 6.07) is 2.11. The fourth-order valence-corrected chi connectivity index (χ4v) is 9.21. The molecule has 5 heteroatoms. The zero-order valence-corrected chi connectivity index (χ0v) is 24.6. The van der Waals surface area contributed by atoms with Crippen LogP contribution in [0.2, 0.25) is 0 Å². The van der Waals surface area contributed by atoms with Gasteiger partial charge in [0.15, 0.2) is 11.6 Å². The largest absolute Gasteiger partial charge is 0.481 e. The van der Waals surface area contributed by atoms with Gasteiger partial charge in [0.25, 0.3) is 0 Å². The molecule has 0 amide bonds. The summed E-state index contributed by atoms with van der Waals surface area (Å²) in [5.74, 6) is -0.679. The van der Waals surface area contributed by atoms with Crippen molar-refractivity contribution >= 4 is 17.5 Å². The van der Waals surface area contributed by atoms with Gasteiger partial charge < -0.3 is 5.11 Å². The number of rotatable bonds is 6. The van der Waals surface area contributed by atoms with Gasteiger partial charge in [-0.25, -0.2) is 0 Å². The van der Waals surface area contributed by atoms with Crippen LogP contribution in [-0.4, -0.2) is 22.6 Å². The lowest BCUT2D eigenvalue weighted by atomic mass is 9.37. The van der Waals surface area contributed by atoms with Gasteiger partial charge in [-0.1, -0.05) is 60.1 Å². The highest BCUT2D eigenvalue weighted by Gasteiger charge is 2.66. The molecule has 2 unspecified atom stereocenters. The molecule has 0 aromatic rings. The molecule has 4 aliphatic rings. The number of carboxylic acids is 1. The molecule has 4 aliphatic carbocycles. The normalized spacial score (nSPS) is 38.7. The number of aliphatic carboxylic acids is 1. The van der Waals surface area contributed by atoms with Crippen molar-refractivity contribution < 1.29 is 19.5 Å². The molecular formula is C33H47NO4. The van der Waals surface area contributed by atoms with Crippen LogP contribution in [0.3, 0.4) is 0 Å². The first-order valence-corrected chi connectivity index (χ1v) is 14.7. The lowest BCUT2D eigenvalue weighted by Crippen LogP contribution is -2.62. The van der Waals surface area contributed by atoms with E-state index in [4.69, 9.17) is 0 Å². The van der Waals surface area contributed by atoms with Crippen LogP contribution >= 0.6 is 0 Å². The van der Waals surface area contributed by atoms with Crippen molar-refractivity contribution in [2.75, 3.05) is 0 Å². The summed E-state index contributed by atoms with van der Waals surface area (Å²) in [5.41, 5.74) is 0.140. The predicted octanol–water partition coefficient (Wildman–Crippen LogP) is 7.46. The molecule has 3 fully saturated rings. The van der Waals surface area contributed by atoms with E-state index < -0.39 is 11.4 Å². The van der Waals surface area contributed by atoms with Crippen molar-refractivity contribution in [3.05, 3.63) is 23.3 Å². The second-order valence-corrected chi connectivity index (χ2v) is 14.8. The number of carbonyl (C=O) groups excluding carboxylic acids is 2. The number of carbonyl (C=O) groups is 3. The smallest absolute Gasteiger partial charge is 0.303 e. The zero-order chi connectivity index (χ0) is 28.3. The summed E-state index contributed by atoms with van der Waals surface area (Å²) < 4.78 is 0. The third kappa shape index (κ3) is 4.31. The highest BCUT2D eigenvalue weighted by Crippen LogP contribution is 2.71. The maximum absolute atomic E-state index is 14.1. The Kier molecular flexibility index (Phi) is 7.16. The molecule has 0 aromatic carbocycles. The molecule has 38 heavy (non-hydrogen) atoms. The molecule has 0 aliphatic heterocycles. The Bertz CT molecular complexity index is 1140. The first-order chi connectivity index (χ1) is 17.6. The SMILES string of the molecule is CC/C=C(/C#N)C(=O)C(C)(C)[C@@H]1CC[C@]2(C)C(=CC(=O)C3C4CC(C)(C)CC[C@]4(CC(=O)O)CC[C@]32C)C1. The van der Waals surface area contributed by atoms with E-state index >= 15 is 0 Å². The van der Waals surface area contributed by atoms with Crippen molar-refractivity contribution in [3.63, 3.8) is 0 Å². The molecule has 0 spiro atoms. The highest BCUT2D eigenvalue weighted by molar-refractivity contribution is 6.03. The summed E-state index contributed by atoms with van der Waals surface area (Å²) in [5, 5.41) is 19.5. The van der Waals surface area contributed by atoms with Crippen LogP contribution in [0.4, 0.5) is 0 Å². The molecule has 0 heterocycles. The van der Waals surface area contributed by atoms with Gasteiger partial charge in [-0.2, -0.15) is 5.26 Å².